The highest BCUT2D eigenvalue weighted by atomic mass is 79.9. The van der Waals surface area contributed by atoms with Gasteiger partial charge in [0.15, 0.2) is 0 Å². The Balaban J connectivity index is 2.67. The highest BCUT2D eigenvalue weighted by Gasteiger charge is 2.07. The fourth-order valence-electron chi connectivity index (χ4n) is 2.01. The molecule has 4 heteroatoms. The topological polar surface area (TPSA) is 32.9 Å². The minimum Gasteiger partial charge on any atom is -0.327 e. The van der Waals surface area contributed by atoms with E-state index in [1.807, 2.05) is 30.3 Å². The Kier molecular flexibility index (Phi) is 2.45. The number of aromatic amines is 1. The molecule has 84 valence electrons. The van der Waals surface area contributed by atoms with Gasteiger partial charge >= 0.3 is 0 Å². The van der Waals surface area contributed by atoms with Gasteiger partial charge < -0.3 is 4.98 Å². The number of H-pyrrole nitrogens is 1. The fourth-order valence-corrected chi connectivity index (χ4v) is 2.63. The SMILES string of the molecule is O=c1[nH]cc(Br)c2ccc3ccc(Cl)cc3c12. The smallest absolute Gasteiger partial charge is 0.256 e. The van der Waals surface area contributed by atoms with Crippen molar-refractivity contribution < 1.29 is 0 Å². The highest BCUT2D eigenvalue weighted by Crippen LogP contribution is 2.28. The van der Waals surface area contributed by atoms with E-state index in [-0.39, 0.29) is 5.56 Å². The maximum atomic E-state index is 11.9. The molecule has 0 aliphatic carbocycles. The third-order valence-electron chi connectivity index (χ3n) is 2.80. The van der Waals surface area contributed by atoms with Crippen LogP contribution >= 0.6 is 27.5 Å². The molecule has 17 heavy (non-hydrogen) atoms. The van der Waals surface area contributed by atoms with Gasteiger partial charge in [0.05, 0.1) is 5.39 Å². The molecule has 0 aliphatic heterocycles. The Morgan fingerprint density at radius 2 is 1.88 bits per heavy atom. The Morgan fingerprint density at radius 1 is 1.12 bits per heavy atom. The number of fused-ring (bicyclic) bond motifs is 3. The Labute approximate surface area is 110 Å². The maximum Gasteiger partial charge on any atom is 0.256 e. The number of rotatable bonds is 0. The van der Waals surface area contributed by atoms with Crippen molar-refractivity contribution in [2.45, 2.75) is 0 Å². The standard InChI is InChI=1S/C13H7BrClNO/c14-11-6-16-13(17)12-9(11)4-2-7-1-3-8(15)5-10(7)12/h1-6H,(H,16,17). The lowest BCUT2D eigenvalue weighted by atomic mass is 10.0. The number of hydrogen-bond donors (Lipinski definition) is 1. The summed E-state index contributed by atoms with van der Waals surface area (Å²) in [5.74, 6) is 0. The summed E-state index contributed by atoms with van der Waals surface area (Å²) in [4.78, 5) is 14.6. The van der Waals surface area contributed by atoms with Crippen LogP contribution < -0.4 is 5.56 Å². The van der Waals surface area contributed by atoms with Gasteiger partial charge in [0.1, 0.15) is 0 Å². The number of hydrogen-bond acceptors (Lipinski definition) is 1. The third kappa shape index (κ3) is 1.66. The molecule has 2 nitrogen and oxygen atoms in total. The Morgan fingerprint density at radius 3 is 2.71 bits per heavy atom. The van der Waals surface area contributed by atoms with E-state index in [1.54, 1.807) is 6.20 Å². The maximum absolute atomic E-state index is 11.9. The lowest BCUT2D eigenvalue weighted by Gasteiger charge is -2.05. The first-order valence-electron chi connectivity index (χ1n) is 5.06. The van der Waals surface area contributed by atoms with Crippen LogP contribution in [0.4, 0.5) is 0 Å². The van der Waals surface area contributed by atoms with Gasteiger partial charge in [-0.25, -0.2) is 0 Å². The van der Waals surface area contributed by atoms with Crippen LogP contribution in [0.1, 0.15) is 0 Å². The molecule has 0 amide bonds. The lowest BCUT2D eigenvalue weighted by Crippen LogP contribution is -2.05. The molecule has 1 heterocycles. The molecule has 0 aliphatic rings. The van der Waals surface area contributed by atoms with Crippen molar-refractivity contribution in [2.75, 3.05) is 0 Å². The summed E-state index contributed by atoms with van der Waals surface area (Å²) in [6.45, 7) is 0. The summed E-state index contributed by atoms with van der Waals surface area (Å²) in [7, 11) is 0. The van der Waals surface area contributed by atoms with Gasteiger partial charge in [0, 0.05) is 21.1 Å². The average Bonchev–Trinajstić information content (AvgIpc) is 2.33. The van der Waals surface area contributed by atoms with Crippen molar-refractivity contribution in [1.29, 1.82) is 0 Å². The molecule has 1 aromatic heterocycles. The van der Waals surface area contributed by atoms with E-state index in [0.717, 1.165) is 20.6 Å². The van der Waals surface area contributed by atoms with Gasteiger partial charge in [0.2, 0.25) is 0 Å². The zero-order valence-corrected chi connectivity index (χ0v) is 11.0. The predicted octanol–water partition coefficient (Wildman–Crippen LogP) is 4.10. The quantitative estimate of drug-likeness (QED) is 0.623. The van der Waals surface area contributed by atoms with E-state index in [9.17, 15) is 4.79 Å². The predicted molar refractivity (Wildman–Crippen MR) is 74.8 cm³/mol. The van der Waals surface area contributed by atoms with Gasteiger partial charge in [-0.2, -0.15) is 0 Å². The van der Waals surface area contributed by atoms with Crippen molar-refractivity contribution in [2.24, 2.45) is 0 Å². The summed E-state index contributed by atoms with van der Waals surface area (Å²) < 4.78 is 0.869. The normalized spacial score (nSPS) is 11.2. The van der Waals surface area contributed by atoms with E-state index in [4.69, 9.17) is 11.6 Å². The molecule has 0 bridgehead atoms. The number of benzene rings is 2. The Bertz CT molecular complexity index is 794. The largest absolute Gasteiger partial charge is 0.327 e. The minimum absolute atomic E-state index is 0.101. The first kappa shape index (κ1) is 10.8. The van der Waals surface area contributed by atoms with E-state index >= 15 is 0 Å². The Hall–Kier alpha value is -1.32. The zero-order valence-electron chi connectivity index (χ0n) is 8.63. The van der Waals surface area contributed by atoms with Gasteiger partial charge in [-0.3, -0.25) is 4.79 Å². The minimum atomic E-state index is -0.101. The molecule has 0 saturated heterocycles. The third-order valence-corrected chi connectivity index (χ3v) is 3.69. The van der Waals surface area contributed by atoms with Gasteiger partial charge in [-0.15, -0.1) is 0 Å². The van der Waals surface area contributed by atoms with Crippen molar-refractivity contribution in [3.8, 4) is 0 Å². The lowest BCUT2D eigenvalue weighted by molar-refractivity contribution is 1.27. The van der Waals surface area contributed by atoms with Crippen LogP contribution in [0.3, 0.4) is 0 Å². The van der Waals surface area contributed by atoms with Crippen LogP contribution in [0.2, 0.25) is 5.02 Å². The molecule has 2 aromatic carbocycles. The van der Waals surface area contributed by atoms with Crippen molar-refractivity contribution in [3.63, 3.8) is 0 Å². The van der Waals surface area contributed by atoms with Crippen molar-refractivity contribution in [3.05, 3.63) is 56.4 Å². The molecule has 0 radical (unpaired) electrons. The van der Waals surface area contributed by atoms with Crippen LogP contribution in [0, 0.1) is 0 Å². The van der Waals surface area contributed by atoms with Gasteiger partial charge in [-0.05, 0) is 38.8 Å². The van der Waals surface area contributed by atoms with E-state index in [2.05, 4.69) is 20.9 Å². The van der Waals surface area contributed by atoms with E-state index in [1.165, 1.54) is 0 Å². The monoisotopic (exact) mass is 307 g/mol. The first-order valence-corrected chi connectivity index (χ1v) is 6.23. The van der Waals surface area contributed by atoms with Crippen LogP contribution in [-0.2, 0) is 0 Å². The average molecular weight is 309 g/mol. The van der Waals surface area contributed by atoms with Crippen molar-refractivity contribution >= 4 is 49.1 Å². The second-order valence-corrected chi connectivity index (χ2v) is 5.11. The van der Waals surface area contributed by atoms with Crippen LogP contribution in [0.5, 0.6) is 0 Å². The molecule has 3 rings (SSSR count). The molecular formula is C13H7BrClNO. The van der Waals surface area contributed by atoms with Crippen molar-refractivity contribution in [1.82, 2.24) is 4.98 Å². The van der Waals surface area contributed by atoms with E-state index < -0.39 is 0 Å². The van der Waals surface area contributed by atoms with Crippen LogP contribution in [0.25, 0.3) is 21.5 Å². The molecule has 0 atom stereocenters. The number of nitrogens with one attached hydrogen (secondary N) is 1. The molecule has 0 unspecified atom stereocenters. The molecule has 0 fully saturated rings. The molecule has 0 saturated carbocycles. The summed E-state index contributed by atoms with van der Waals surface area (Å²) in [5.41, 5.74) is -0.101. The molecule has 1 N–H and O–H groups in total. The number of halogens is 2. The van der Waals surface area contributed by atoms with Crippen LogP contribution in [0.15, 0.2) is 45.8 Å². The molecule has 3 aromatic rings. The fraction of sp³-hybridized carbons (Fsp3) is 0. The molecule has 0 spiro atoms. The van der Waals surface area contributed by atoms with Crippen LogP contribution in [-0.4, -0.2) is 4.98 Å². The summed E-state index contributed by atoms with van der Waals surface area (Å²) >= 11 is 9.42. The summed E-state index contributed by atoms with van der Waals surface area (Å²) in [6, 6.07) is 9.48. The van der Waals surface area contributed by atoms with E-state index in [0.29, 0.717) is 10.4 Å². The number of aromatic nitrogens is 1. The molecular weight excluding hydrogens is 302 g/mol. The zero-order chi connectivity index (χ0) is 12.0. The first-order chi connectivity index (χ1) is 8.16. The van der Waals surface area contributed by atoms with Gasteiger partial charge in [0.25, 0.3) is 5.56 Å². The van der Waals surface area contributed by atoms with Gasteiger partial charge in [-0.1, -0.05) is 29.8 Å². The second-order valence-electron chi connectivity index (χ2n) is 3.82. The summed E-state index contributed by atoms with van der Waals surface area (Å²) in [6.07, 6.45) is 1.65. The highest BCUT2D eigenvalue weighted by molar-refractivity contribution is 9.10. The summed E-state index contributed by atoms with van der Waals surface area (Å²) in [5, 5.41) is 4.07. The number of pyridine rings is 1. The second kappa shape index (κ2) is 3.86.